The Bertz CT molecular complexity index is 105. The lowest BCUT2D eigenvalue weighted by atomic mass is 10.4. The summed E-state index contributed by atoms with van der Waals surface area (Å²) in [6, 6.07) is 0. The van der Waals surface area contributed by atoms with Gasteiger partial charge in [0.05, 0.1) is 6.42 Å². The number of ether oxygens (including phenoxy) is 1. The van der Waals surface area contributed by atoms with Crippen molar-refractivity contribution in [3.8, 4) is 0 Å². The Balaban J connectivity index is 2.51. The Morgan fingerprint density at radius 1 is 1.88 bits per heavy atom. The largest absolute Gasteiger partial charge is 0.429 e. The molecule has 0 amide bonds. The second-order valence-electron chi connectivity index (χ2n) is 1.56. The van der Waals surface area contributed by atoms with Crippen molar-refractivity contribution in [2.24, 2.45) is 0 Å². The third-order valence-corrected chi connectivity index (χ3v) is 1.24. The summed E-state index contributed by atoms with van der Waals surface area (Å²) in [7, 11) is 0. The molecule has 0 saturated carbocycles. The number of carbonyl (C=O) groups is 1. The maximum absolute atomic E-state index is 12.0. The van der Waals surface area contributed by atoms with Crippen LogP contribution in [0.1, 0.15) is 6.42 Å². The number of alkyl halides is 2. The molecule has 1 heterocycles. The Morgan fingerprint density at radius 2 is 2.50 bits per heavy atom. The van der Waals surface area contributed by atoms with E-state index in [2.05, 4.69) is 4.74 Å². The summed E-state index contributed by atoms with van der Waals surface area (Å²) in [5.41, 5.74) is 0. The fraction of sp³-hybridized carbons (Fsp3) is 0.750. The monoisotopic (exact) mass is 138 g/mol. The van der Waals surface area contributed by atoms with Gasteiger partial charge in [-0.3, -0.25) is 4.79 Å². The molecule has 2 nitrogen and oxygen atoms in total. The predicted octanol–water partition coefficient (Wildman–Crippen LogP) is 0.836. The Kier molecular flexibility index (Phi) is 1.38. The van der Waals surface area contributed by atoms with Crippen LogP contribution >= 0.6 is 11.6 Å². The van der Waals surface area contributed by atoms with E-state index in [9.17, 15) is 9.18 Å². The second kappa shape index (κ2) is 1.90. The van der Waals surface area contributed by atoms with Gasteiger partial charge in [0.1, 0.15) is 5.38 Å². The van der Waals surface area contributed by atoms with Crippen LogP contribution in [0.2, 0.25) is 0 Å². The number of hydrogen-bond donors (Lipinski definition) is 0. The van der Waals surface area contributed by atoms with Gasteiger partial charge in [-0.2, -0.15) is 0 Å². The molecule has 46 valence electrons. The molecule has 0 aromatic heterocycles. The number of cyclic esters (lactones) is 1. The average Bonchev–Trinajstić information content (AvgIpc) is 1.85. The molecular weight excluding hydrogens is 134 g/mol. The van der Waals surface area contributed by atoms with E-state index in [-0.39, 0.29) is 6.42 Å². The zero-order chi connectivity index (χ0) is 6.15. The van der Waals surface area contributed by atoms with Crippen molar-refractivity contribution in [2.45, 2.75) is 18.2 Å². The zero-order valence-corrected chi connectivity index (χ0v) is 4.69. The topological polar surface area (TPSA) is 26.3 Å². The molecule has 0 aromatic rings. The number of halogens is 2. The highest BCUT2D eigenvalue weighted by Crippen LogP contribution is 2.20. The molecule has 2 unspecified atom stereocenters. The van der Waals surface area contributed by atoms with Gasteiger partial charge in [0.25, 0.3) is 6.36 Å². The maximum Gasteiger partial charge on any atom is 0.310 e. The Morgan fingerprint density at radius 3 is 2.62 bits per heavy atom. The first kappa shape index (κ1) is 5.82. The van der Waals surface area contributed by atoms with E-state index < -0.39 is 17.7 Å². The highest BCUT2D eigenvalue weighted by molar-refractivity contribution is 6.22. The minimum Gasteiger partial charge on any atom is -0.429 e. The Labute approximate surface area is 50.6 Å². The van der Waals surface area contributed by atoms with Crippen molar-refractivity contribution < 1.29 is 13.9 Å². The average molecular weight is 139 g/mol. The number of carbonyl (C=O) groups excluding carboxylic acids is 1. The lowest BCUT2D eigenvalue weighted by Crippen LogP contribution is -2.07. The van der Waals surface area contributed by atoms with Crippen LogP contribution in [0.4, 0.5) is 4.39 Å². The zero-order valence-electron chi connectivity index (χ0n) is 3.93. The molecule has 0 N–H and O–H groups in total. The quantitative estimate of drug-likeness (QED) is 0.366. The predicted molar refractivity (Wildman–Crippen MR) is 25.2 cm³/mol. The van der Waals surface area contributed by atoms with Crippen LogP contribution < -0.4 is 0 Å². The van der Waals surface area contributed by atoms with E-state index in [1.54, 1.807) is 0 Å². The van der Waals surface area contributed by atoms with Gasteiger partial charge in [0.2, 0.25) is 0 Å². The van der Waals surface area contributed by atoms with E-state index in [4.69, 9.17) is 11.6 Å². The second-order valence-corrected chi connectivity index (χ2v) is 2.12. The van der Waals surface area contributed by atoms with E-state index in [1.165, 1.54) is 0 Å². The molecule has 4 heteroatoms. The molecular formula is C4H4ClFO2. The fourth-order valence-electron chi connectivity index (χ4n) is 0.499. The molecule has 0 spiro atoms. The SMILES string of the molecule is O=C1CC(Cl)C(F)O1. The highest BCUT2D eigenvalue weighted by Gasteiger charge is 2.32. The summed E-state index contributed by atoms with van der Waals surface area (Å²) < 4.78 is 16.0. The van der Waals surface area contributed by atoms with Crippen molar-refractivity contribution >= 4 is 17.6 Å². The molecule has 1 rings (SSSR count). The lowest BCUT2D eigenvalue weighted by molar-refractivity contribution is -0.146. The van der Waals surface area contributed by atoms with Gasteiger partial charge >= 0.3 is 5.97 Å². The minimum absolute atomic E-state index is 0.0112. The van der Waals surface area contributed by atoms with Crippen LogP contribution in [0.5, 0.6) is 0 Å². The van der Waals surface area contributed by atoms with E-state index in [0.29, 0.717) is 0 Å². The molecule has 1 aliphatic rings. The molecule has 0 aromatic carbocycles. The molecule has 1 aliphatic heterocycles. The first-order valence-corrected chi connectivity index (χ1v) is 2.61. The first-order valence-electron chi connectivity index (χ1n) is 2.18. The van der Waals surface area contributed by atoms with Gasteiger partial charge < -0.3 is 4.74 Å². The van der Waals surface area contributed by atoms with Crippen molar-refractivity contribution in [1.29, 1.82) is 0 Å². The summed E-state index contributed by atoms with van der Waals surface area (Å²) in [4.78, 5) is 10.1. The molecule has 0 bridgehead atoms. The molecule has 8 heavy (non-hydrogen) atoms. The van der Waals surface area contributed by atoms with Gasteiger partial charge in [0, 0.05) is 0 Å². The summed E-state index contributed by atoms with van der Waals surface area (Å²) in [5, 5.41) is -0.775. The number of hydrogen-bond acceptors (Lipinski definition) is 2. The molecule has 1 fully saturated rings. The number of rotatable bonds is 0. The van der Waals surface area contributed by atoms with Crippen molar-refractivity contribution in [2.75, 3.05) is 0 Å². The maximum atomic E-state index is 12.0. The summed E-state index contributed by atoms with van der Waals surface area (Å²) in [5.74, 6) is -0.558. The van der Waals surface area contributed by atoms with Crippen molar-refractivity contribution in [3.05, 3.63) is 0 Å². The molecule has 0 aliphatic carbocycles. The molecule has 1 saturated heterocycles. The van der Waals surface area contributed by atoms with Crippen molar-refractivity contribution in [1.82, 2.24) is 0 Å². The van der Waals surface area contributed by atoms with Gasteiger partial charge in [-0.05, 0) is 0 Å². The van der Waals surface area contributed by atoms with Gasteiger partial charge in [-0.25, -0.2) is 4.39 Å². The summed E-state index contributed by atoms with van der Waals surface area (Å²) in [6.45, 7) is 0. The van der Waals surface area contributed by atoms with Crippen LogP contribution in [0.15, 0.2) is 0 Å². The standard InChI is InChI=1S/C4H4ClFO2/c5-2-1-3(7)8-4(2)6/h2,4H,1H2. The van der Waals surface area contributed by atoms with Crippen molar-refractivity contribution in [3.63, 3.8) is 0 Å². The third-order valence-electron chi connectivity index (χ3n) is 0.890. The first-order chi connectivity index (χ1) is 3.70. The van der Waals surface area contributed by atoms with Crippen LogP contribution in [0.3, 0.4) is 0 Å². The minimum atomic E-state index is -1.59. The van der Waals surface area contributed by atoms with E-state index >= 15 is 0 Å². The fourth-order valence-corrected chi connectivity index (χ4v) is 0.677. The normalized spacial score (nSPS) is 37.5. The molecule has 2 atom stereocenters. The number of esters is 1. The van der Waals surface area contributed by atoms with Crippen LogP contribution in [-0.4, -0.2) is 17.7 Å². The van der Waals surface area contributed by atoms with Gasteiger partial charge in [-0.1, -0.05) is 0 Å². The van der Waals surface area contributed by atoms with Gasteiger partial charge in [0.15, 0.2) is 0 Å². The van der Waals surface area contributed by atoms with E-state index in [0.717, 1.165) is 0 Å². The van der Waals surface area contributed by atoms with E-state index in [1.807, 2.05) is 0 Å². The van der Waals surface area contributed by atoms with Crippen LogP contribution in [-0.2, 0) is 9.53 Å². The highest BCUT2D eigenvalue weighted by atomic mass is 35.5. The smallest absolute Gasteiger partial charge is 0.310 e. The Hall–Kier alpha value is -0.310. The van der Waals surface area contributed by atoms with Gasteiger partial charge in [-0.15, -0.1) is 11.6 Å². The summed E-state index contributed by atoms with van der Waals surface area (Å²) >= 11 is 5.24. The molecule has 0 radical (unpaired) electrons. The van der Waals surface area contributed by atoms with Crippen LogP contribution in [0, 0.1) is 0 Å². The van der Waals surface area contributed by atoms with Crippen LogP contribution in [0.25, 0.3) is 0 Å². The lowest BCUT2D eigenvalue weighted by Gasteiger charge is -1.97. The third kappa shape index (κ3) is 0.916. The summed E-state index contributed by atoms with van der Waals surface area (Å²) in [6.07, 6.45) is -1.60.